The molecule has 3 fully saturated rings. The summed E-state index contributed by atoms with van der Waals surface area (Å²) >= 11 is 7.82. The van der Waals surface area contributed by atoms with E-state index in [2.05, 4.69) is 53.3 Å². The van der Waals surface area contributed by atoms with Gasteiger partial charge in [0, 0.05) is 48.2 Å². The van der Waals surface area contributed by atoms with Gasteiger partial charge in [-0.15, -0.1) is 17.9 Å². The second kappa shape index (κ2) is 21.4. The molecule has 3 amide bonds. The van der Waals surface area contributed by atoms with Crippen LogP contribution < -0.4 is 26.1 Å². The molecule has 318 valence electrons. The SMILES string of the molecule is C=CC(C)C(NC(=O)C1CCCN1C(=O)CNC(=O)OC1CC2CCC(C1)O2)C(=O)O.CC(C)C.COc1ccc2c(=O)cc(-c3csc(NC(C)C)n3)[nH]c2c1Cl. The Hall–Kier alpha value is -4.67. The fraction of sp³-hybridized carbons (Fsp3) is 0.561. The lowest BCUT2D eigenvalue weighted by Gasteiger charge is -2.28. The van der Waals surface area contributed by atoms with E-state index in [0.717, 1.165) is 23.9 Å². The number of benzene rings is 1. The highest BCUT2D eigenvalue weighted by molar-refractivity contribution is 7.14. The van der Waals surface area contributed by atoms with Gasteiger partial charge >= 0.3 is 12.1 Å². The fourth-order valence-corrected chi connectivity index (χ4v) is 7.91. The number of H-pyrrole nitrogens is 1. The molecule has 0 spiro atoms. The molecular weight excluding hydrogens is 788 g/mol. The number of halogens is 1. The van der Waals surface area contributed by atoms with Crippen molar-refractivity contribution in [2.24, 2.45) is 11.8 Å². The number of carbonyl (C=O) groups excluding carboxylic acids is 3. The Morgan fingerprint density at radius 3 is 2.40 bits per heavy atom. The smallest absolute Gasteiger partial charge is 0.407 e. The zero-order valence-corrected chi connectivity index (χ0v) is 35.8. The number of hydrogen-bond donors (Lipinski definition) is 5. The van der Waals surface area contributed by atoms with E-state index in [0.29, 0.717) is 71.3 Å². The zero-order valence-electron chi connectivity index (χ0n) is 34.3. The van der Waals surface area contributed by atoms with E-state index in [1.165, 1.54) is 22.3 Å². The van der Waals surface area contributed by atoms with Crippen molar-refractivity contribution in [2.75, 3.05) is 25.5 Å². The number of thiazole rings is 1. The number of aromatic amines is 1. The van der Waals surface area contributed by atoms with Crippen LogP contribution in [-0.4, -0.2) is 100 Å². The molecule has 3 aliphatic heterocycles. The molecule has 15 nitrogen and oxygen atoms in total. The number of amides is 3. The van der Waals surface area contributed by atoms with Crippen molar-refractivity contribution in [3.8, 4) is 17.1 Å². The monoisotopic (exact) mass is 844 g/mol. The third kappa shape index (κ3) is 12.7. The molecule has 6 rings (SSSR count). The van der Waals surface area contributed by atoms with Crippen LogP contribution >= 0.6 is 22.9 Å². The van der Waals surface area contributed by atoms with Crippen molar-refractivity contribution in [3.05, 3.63) is 51.5 Å². The molecule has 5 unspecified atom stereocenters. The van der Waals surface area contributed by atoms with E-state index in [4.69, 9.17) is 25.8 Å². The number of hydrogen-bond acceptors (Lipinski definition) is 11. The molecule has 0 saturated carbocycles. The fourth-order valence-electron chi connectivity index (χ4n) is 6.76. The van der Waals surface area contributed by atoms with Crippen molar-refractivity contribution in [3.63, 3.8) is 0 Å². The average Bonchev–Trinajstić information content (AvgIpc) is 3.93. The molecule has 5 atom stereocenters. The maximum Gasteiger partial charge on any atom is 0.407 e. The largest absolute Gasteiger partial charge is 0.495 e. The first kappa shape index (κ1) is 46.0. The Morgan fingerprint density at radius 1 is 1.12 bits per heavy atom. The van der Waals surface area contributed by atoms with Crippen LogP contribution in [0.1, 0.15) is 80.1 Å². The standard InChI is InChI=1S/C21H31N3O7.C16H16ClN3O2S.C4H10/c1-3-12(2)18(20(27)28)23-19(26)16-5-4-8-24(16)17(25)11-22-21(29)31-15-9-13-6-7-14(10-15)30-13;1-8(2)18-16-20-11(7-23-16)10-6-12(21)9-4-5-13(22-3)14(17)15(9)19-10;1-4(2)3/h3,12-16,18H,1,4-11H2,2H3,(H,22,29)(H,23,26)(H,27,28);4-8H,1-3H3,(H,18,20)(H,19,21);4H,1-3H3. The van der Waals surface area contributed by atoms with Gasteiger partial charge in [-0.05, 0) is 57.6 Å². The van der Waals surface area contributed by atoms with Crippen LogP contribution in [0.15, 0.2) is 41.0 Å². The Balaban J connectivity index is 0.000000243. The molecule has 5 heterocycles. The Bertz CT molecular complexity index is 1950. The second-order valence-electron chi connectivity index (χ2n) is 15.6. The van der Waals surface area contributed by atoms with Crippen LogP contribution in [-0.2, 0) is 23.9 Å². The van der Waals surface area contributed by atoms with Crippen molar-refractivity contribution in [2.45, 2.75) is 117 Å². The third-order valence-electron chi connectivity index (χ3n) is 9.56. The van der Waals surface area contributed by atoms with Crippen LogP contribution in [0.2, 0.25) is 5.02 Å². The number of fused-ring (bicyclic) bond motifs is 3. The molecule has 2 aromatic heterocycles. The first-order valence-electron chi connectivity index (χ1n) is 19.7. The van der Waals surface area contributed by atoms with E-state index in [1.54, 1.807) is 32.2 Å². The quantitative estimate of drug-likeness (QED) is 0.123. The van der Waals surface area contributed by atoms with Gasteiger partial charge in [0.1, 0.15) is 35.5 Å². The summed E-state index contributed by atoms with van der Waals surface area (Å²) in [5.41, 5.74) is 1.78. The molecule has 17 heteroatoms. The Morgan fingerprint density at radius 2 is 1.79 bits per heavy atom. The molecule has 3 aromatic rings. The topological polar surface area (TPSA) is 201 Å². The minimum atomic E-state index is -1.16. The zero-order chi connectivity index (χ0) is 42.7. The number of nitrogens with one attached hydrogen (secondary N) is 4. The van der Waals surface area contributed by atoms with Crippen molar-refractivity contribution < 1.29 is 38.5 Å². The predicted molar refractivity (Wildman–Crippen MR) is 226 cm³/mol. The summed E-state index contributed by atoms with van der Waals surface area (Å²) in [6.45, 7) is 15.9. The first-order valence-corrected chi connectivity index (χ1v) is 20.9. The molecule has 0 aliphatic carbocycles. The average molecular weight is 845 g/mol. The maximum absolute atomic E-state index is 12.6. The summed E-state index contributed by atoms with van der Waals surface area (Å²) in [6.07, 6.45) is 5.21. The predicted octanol–water partition coefficient (Wildman–Crippen LogP) is 6.60. The Kier molecular flexibility index (Phi) is 17.0. The number of carbonyl (C=O) groups is 4. The van der Waals surface area contributed by atoms with Crippen LogP contribution in [0.3, 0.4) is 0 Å². The van der Waals surface area contributed by atoms with Gasteiger partial charge in [0.2, 0.25) is 11.8 Å². The van der Waals surface area contributed by atoms with Gasteiger partial charge in [-0.25, -0.2) is 14.6 Å². The first-order chi connectivity index (χ1) is 27.5. The number of likely N-dealkylation sites (tertiary alicyclic amines) is 1. The highest BCUT2D eigenvalue weighted by atomic mass is 35.5. The second-order valence-corrected chi connectivity index (χ2v) is 16.8. The number of ether oxygens (including phenoxy) is 3. The molecule has 1 aromatic carbocycles. The molecule has 5 N–H and O–H groups in total. The van der Waals surface area contributed by atoms with Gasteiger partial charge in [-0.1, -0.05) is 45.4 Å². The molecular formula is C41H57ClN6O9S. The van der Waals surface area contributed by atoms with Crippen molar-refractivity contribution in [1.29, 1.82) is 0 Å². The number of methoxy groups -OCH3 is 1. The molecule has 58 heavy (non-hydrogen) atoms. The van der Waals surface area contributed by atoms with E-state index in [1.807, 2.05) is 19.2 Å². The minimum absolute atomic E-state index is 0.107. The third-order valence-corrected chi connectivity index (χ3v) is 10.7. The number of pyridine rings is 1. The van der Waals surface area contributed by atoms with Crippen molar-refractivity contribution >= 4 is 62.8 Å². The van der Waals surface area contributed by atoms with Gasteiger partial charge in [-0.3, -0.25) is 14.4 Å². The lowest BCUT2D eigenvalue weighted by atomic mass is 10.0. The number of alkyl carbamates (subject to hydrolysis) is 1. The van der Waals surface area contributed by atoms with E-state index in [9.17, 15) is 29.1 Å². The molecule has 3 aliphatic rings. The number of anilines is 1. The molecule has 3 saturated heterocycles. The summed E-state index contributed by atoms with van der Waals surface area (Å²) in [5, 5.41) is 21.2. The van der Waals surface area contributed by atoms with Crippen LogP contribution in [0.25, 0.3) is 22.3 Å². The summed E-state index contributed by atoms with van der Waals surface area (Å²) in [6, 6.07) is 3.34. The number of nitrogens with zero attached hydrogens (tertiary/aromatic N) is 2. The minimum Gasteiger partial charge on any atom is -0.495 e. The molecule has 2 bridgehead atoms. The normalized spacial score (nSPS) is 20.6. The Labute approximate surface area is 348 Å². The van der Waals surface area contributed by atoms with Gasteiger partial charge in [-0.2, -0.15) is 0 Å². The number of aromatic nitrogens is 2. The highest BCUT2D eigenvalue weighted by Crippen LogP contribution is 2.34. The summed E-state index contributed by atoms with van der Waals surface area (Å²) < 4.78 is 16.4. The summed E-state index contributed by atoms with van der Waals surface area (Å²) in [7, 11) is 1.54. The summed E-state index contributed by atoms with van der Waals surface area (Å²) in [4.78, 5) is 70.2. The van der Waals surface area contributed by atoms with Gasteiger partial charge in [0.25, 0.3) is 0 Å². The summed E-state index contributed by atoms with van der Waals surface area (Å²) in [5.74, 6) is -1.21. The van der Waals surface area contributed by atoms with Crippen LogP contribution in [0.5, 0.6) is 5.75 Å². The highest BCUT2D eigenvalue weighted by Gasteiger charge is 2.38. The van der Waals surface area contributed by atoms with E-state index < -0.39 is 41.9 Å². The number of aliphatic carboxylic acids is 1. The van der Waals surface area contributed by atoms with Gasteiger partial charge in [0.15, 0.2) is 10.6 Å². The van der Waals surface area contributed by atoms with E-state index >= 15 is 0 Å². The van der Waals surface area contributed by atoms with Crippen LogP contribution in [0, 0.1) is 11.8 Å². The maximum atomic E-state index is 12.6. The van der Waals surface area contributed by atoms with Gasteiger partial charge < -0.3 is 45.2 Å². The molecule has 0 radical (unpaired) electrons. The van der Waals surface area contributed by atoms with Crippen molar-refractivity contribution in [1.82, 2.24) is 25.5 Å². The van der Waals surface area contributed by atoms with Crippen LogP contribution in [0.4, 0.5) is 9.93 Å². The number of carboxylic acids is 1. The number of rotatable bonds is 12. The number of carboxylic acid groups (broad SMARTS) is 1. The lowest BCUT2D eigenvalue weighted by molar-refractivity contribution is -0.144. The van der Waals surface area contributed by atoms with E-state index in [-0.39, 0.29) is 30.3 Å². The van der Waals surface area contributed by atoms with Gasteiger partial charge in [0.05, 0.1) is 36.2 Å². The lowest BCUT2D eigenvalue weighted by Crippen LogP contribution is -2.53.